The molecule has 0 fully saturated rings. The largest absolute Gasteiger partial charge is 0.494 e. The van der Waals surface area contributed by atoms with Crippen molar-refractivity contribution in [2.45, 2.75) is 32.9 Å². The van der Waals surface area contributed by atoms with E-state index >= 15 is 0 Å². The molecule has 0 saturated carbocycles. The Morgan fingerprint density at radius 3 is 2.19 bits per heavy atom. The third-order valence-corrected chi connectivity index (χ3v) is 4.74. The smallest absolute Gasteiger partial charge is 0.319 e. The Balaban J connectivity index is 1.81. The molecule has 1 atom stereocenters. The average molecular weight is 432 g/mol. The lowest BCUT2D eigenvalue weighted by atomic mass is 9.98. The molecule has 0 heterocycles. The SMILES string of the molecule is CCOc1ccc(C(NC(=O)c2cccc(NC(=O)NC(C)C)c2)c2ccccc2)cc1. The molecule has 0 saturated heterocycles. The van der Waals surface area contributed by atoms with E-state index in [-0.39, 0.29) is 24.0 Å². The Kier molecular flexibility index (Phi) is 7.86. The van der Waals surface area contributed by atoms with E-state index in [0.29, 0.717) is 17.9 Å². The van der Waals surface area contributed by atoms with Crippen LogP contribution in [0.3, 0.4) is 0 Å². The van der Waals surface area contributed by atoms with Gasteiger partial charge in [0.1, 0.15) is 5.75 Å². The van der Waals surface area contributed by atoms with Gasteiger partial charge < -0.3 is 20.7 Å². The van der Waals surface area contributed by atoms with Gasteiger partial charge in [-0.25, -0.2) is 4.79 Å². The average Bonchev–Trinajstić information content (AvgIpc) is 2.78. The Labute approximate surface area is 189 Å². The molecule has 6 nitrogen and oxygen atoms in total. The number of hydrogen-bond donors (Lipinski definition) is 3. The van der Waals surface area contributed by atoms with Crippen LogP contribution in [0.1, 0.15) is 48.3 Å². The summed E-state index contributed by atoms with van der Waals surface area (Å²) in [5, 5.41) is 8.65. The van der Waals surface area contributed by atoms with Crippen LogP contribution in [0.4, 0.5) is 10.5 Å². The zero-order valence-electron chi connectivity index (χ0n) is 18.6. The van der Waals surface area contributed by atoms with Gasteiger partial charge in [-0.1, -0.05) is 48.5 Å². The van der Waals surface area contributed by atoms with Gasteiger partial charge in [-0.3, -0.25) is 4.79 Å². The quantitative estimate of drug-likeness (QED) is 0.462. The van der Waals surface area contributed by atoms with Crippen LogP contribution >= 0.6 is 0 Å². The van der Waals surface area contributed by atoms with E-state index < -0.39 is 0 Å². The molecule has 3 N–H and O–H groups in total. The highest BCUT2D eigenvalue weighted by molar-refractivity contribution is 5.97. The molecule has 3 amide bonds. The minimum atomic E-state index is -0.333. The summed E-state index contributed by atoms with van der Waals surface area (Å²) in [5.74, 6) is 0.550. The van der Waals surface area contributed by atoms with Crippen molar-refractivity contribution in [1.29, 1.82) is 0 Å². The second-order valence-corrected chi connectivity index (χ2v) is 7.65. The van der Waals surface area contributed by atoms with Crippen LogP contribution in [-0.4, -0.2) is 24.6 Å². The van der Waals surface area contributed by atoms with Crippen molar-refractivity contribution in [3.8, 4) is 5.75 Å². The van der Waals surface area contributed by atoms with Crippen LogP contribution in [0.5, 0.6) is 5.75 Å². The van der Waals surface area contributed by atoms with Gasteiger partial charge in [0.25, 0.3) is 5.91 Å². The highest BCUT2D eigenvalue weighted by Gasteiger charge is 2.18. The third-order valence-electron chi connectivity index (χ3n) is 4.74. The molecule has 0 bridgehead atoms. The van der Waals surface area contributed by atoms with Gasteiger partial charge in [-0.05, 0) is 62.2 Å². The summed E-state index contributed by atoms with van der Waals surface area (Å²) in [6, 6.07) is 23.8. The minimum Gasteiger partial charge on any atom is -0.494 e. The van der Waals surface area contributed by atoms with E-state index in [1.165, 1.54) is 0 Å². The summed E-state index contributed by atoms with van der Waals surface area (Å²) in [5.41, 5.74) is 2.92. The highest BCUT2D eigenvalue weighted by Crippen LogP contribution is 2.25. The van der Waals surface area contributed by atoms with Crippen LogP contribution in [0, 0.1) is 0 Å². The Hall–Kier alpha value is -3.80. The summed E-state index contributed by atoms with van der Waals surface area (Å²) in [6.45, 7) is 6.30. The predicted octanol–water partition coefficient (Wildman–Crippen LogP) is 5.13. The van der Waals surface area contributed by atoms with E-state index in [2.05, 4.69) is 16.0 Å². The molecule has 0 aliphatic rings. The number of ether oxygens (including phenoxy) is 1. The first-order valence-corrected chi connectivity index (χ1v) is 10.7. The van der Waals surface area contributed by atoms with Crippen LogP contribution in [0.2, 0.25) is 0 Å². The topological polar surface area (TPSA) is 79.5 Å². The van der Waals surface area contributed by atoms with Crippen molar-refractivity contribution >= 4 is 17.6 Å². The van der Waals surface area contributed by atoms with Gasteiger partial charge >= 0.3 is 6.03 Å². The van der Waals surface area contributed by atoms with E-state index in [1.807, 2.05) is 75.4 Å². The standard InChI is InChI=1S/C26H29N3O3/c1-4-32-23-15-13-20(14-16-23)24(19-9-6-5-7-10-19)29-25(30)21-11-8-12-22(17-21)28-26(31)27-18(2)3/h5-18,24H,4H2,1-3H3,(H,29,30)(H2,27,28,31). The predicted molar refractivity (Wildman–Crippen MR) is 127 cm³/mol. The number of nitrogens with one attached hydrogen (secondary N) is 3. The molecule has 166 valence electrons. The molecule has 32 heavy (non-hydrogen) atoms. The van der Waals surface area contributed by atoms with Gasteiger partial charge in [0.15, 0.2) is 0 Å². The van der Waals surface area contributed by atoms with Crippen molar-refractivity contribution in [3.05, 3.63) is 95.6 Å². The first-order valence-electron chi connectivity index (χ1n) is 10.7. The molecule has 3 aromatic carbocycles. The van der Waals surface area contributed by atoms with E-state index in [9.17, 15) is 9.59 Å². The fourth-order valence-electron chi connectivity index (χ4n) is 3.31. The summed E-state index contributed by atoms with van der Waals surface area (Å²) < 4.78 is 5.54. The fraction of sp³-hybridized carbons (Fsp3) is 0.231. The Morgan fingerprint density at radius 2 is 1.53 bits per heavy atom. The maximum atomic E-state index is 13.1. The van der Waals surface area contributed by atoms with Gasteiger partial charge in [0.05, 0.1) is 12.6 Å². The molecule has 3 aromatic rings. The number of hydrogen-bond acceptors (Lipinski definition) is 3. The van der Waals surface area contributed by atoms with Gasteiger partial charge in [0.2, 0.25) is 0 Å². The van der Waals surface area contributed by atoms with Crippen LogP contribution in [0.15, 0.2) is 78.9 Å². The summed E-state index contributed by atoms with van der Waals surface area (Å²) in [4.78, 5) is 25.1. The number of carbonyl (C=O) groups excluding carboxylic acids is 2. The van der Waals surface area contributed by atoms with E-state index in [1.54, 1.807) is 24.3 Å². The normalized spacial score (nSPS) is 11.5. The molecule has 0 aromatic heterocycles. The molecular formula is C26H29N3O3. The fourth-order valence-corrected chi connectivity index (χ4v) is 3.31. The van der Waals surface area contributed by atoms with Crippen molar-refractivity contribution in [1.82, 2.24) is 10.6 Å². The monoisotopic (exact) mass is 431 g/mol. The zero-order valence-corrected chi connectivity index (χ0v) is 18.6. The molecule has 1 unspecified atom stereocenters. The van der Waals surface area contributed by atoms with Crippen molar-refractivity contribution in [2.24, 2.45) is 0 Å². The number of urea groups is 1. The van der Waals surface area contributed by atoms with Crippen LogP contribution in [-0.2, 0) is 0 Å². The molecular weight excluding hydrogens is 402 g/mol. The summed E-state index contributed by atoms with van der Waals surface area (Å²) in [7, 11) is 0. The van der Waals surface area contributed by atoms with E-state index in [0.717, 1.165) is 16.9 Å². The number of rotatable bonds is 8. The van der Waals surface area contributed by atoms with Crippen molar-refractivity contribution < 1.29 is 14.3 Å². The van der Waals surface area contributed by atoms with Gasteiger partial charge in [0, 0.05) is 17.3 Å². The van der Waals surface area contributed by atoms with Gasteiger partial charge in [-0.2, -0.15) is 0 Å². The second-order valence-electron chi connectivity index (χ2n) is 7.65. The first-order chi connectivity index (χ1) is 15.5. The molecule has 0 aliphatic carbocycles. The molecule has 0 aliphatic heterocycles. The van der Waals surface area contributed by atoms with Crippen molar-refractivity contribution in [3.63, 3.8) is 0 Å². The second kappa shape index (κ2) is 11.0. The first kappa shape index (κ1) is 22.9. The number of carbonyl (C=O) groups is 2. The lowest BCUT2D eigenvalue weighted by molar-refractivity contribution is 0.0943. The highest BCUT2D eigenvalue weighted by atomic mass is 16.5. The van der Waals surface area contributed by atoms with Gasteiger partial charge in [-0.15, -0.1) is 0 Å². The van der Waals surface area contributed by atoms with Crippen molar-refractivity contribution in [2.75, 3.05) is 11.9 Å². The maximum Gasteiger partial charge on any atom is 0.319 e. The number of amides is 3. The molecule has 6 heteroatoms. The van der Waals surface area contributed by atoms with Crippen LogP contribution < -0.4 is 20.7 Å². The Bertz CT molecular complexity index is 1030. The zero-order chi connectivity index (χ0) is 22.9. The third kappa shape index (κ3) is 6.35. The molecule has 0 radical (unpaired) electrons. The Morgan fingerprint density at radius 1 is 0.844 bits per heavy atom. The lowest BCUT2D eigenvalue weighted by Crippen LogP contribution is -2.34. The van der Waals surface area contributed by atoms with E-state index in [4.69, 9.17) is 4.74 Å². The minimum absolute atomic E-state index is 0.0160. The number of anilines is 1. The lowest BCUT2D eigenvalue weighted by Gasteiger charge is -2.20. The number of benzene rings is 3. The molecule has 0 spiro atoms. The molecule has 3 rings (SSSR count). The van der Waals surface area contributed by atoms with Crippen LogP contribution in [0.25, 0.3) is 0 Å². The summed E-state index contributed by atoms with van der Waals surface area (Å²) >= 11 is 0. The summed E-state index contributed by atoms with van der Waals surface area (Å²) in [6.07, 6.45) is 0. The maximum absolute atomic E-state index is 13.1.